The summed E-state index contributed by atoms with van der Waals surface area (Å²) in [7, 11) is 0. The Morgan fingerprint density at radius 1 is 1.25 bits per heavy atom. The van der Waals surface area contributed by atoms with E-state index in [2.05, 4.69) is 0 Å². The van der Waals surface area contributed by atoms with Crippen LogP contribution in [0, 0.1) is 5.92 Å². The number of esters is 1. The van der Waals surface area contributed by atoms with Crippen LogP contribution in [0.25, 0.3) is 0 Å². The van der Waals surface area contributed by atoms with E-state index in [1.165, 1.54) is 0 Å². The van der Waals surface area contributed by atoms with Gasteiger partial charge in [-0.15, -0.1) is 0 Å². The average molecular weight is 287 g/mol. The first kappa shape index (κ1) is 15.7. The zero-order valence-electron chi connectivity index (χ0n) is 12.1. The minimum Gasteiger partial charge on any atom is -0.457 e. The number of nitrogens with zero attached hydrogens (tertiary/aromatic N) is 1. The number of piperidine rings is 1. The monoisotopic (exact) mass is 287 g/mol. The highest BCUT2D eigenvalue weighted by Gasteiger charge is 2.50. The Balaban J connectivity index is 2.11. The Kier molecular flexibility index (Phi) is 5.01. The number of hydrogen-bond donors (Lipinski definition) is 3. The third kappa shape index (κ3) is 2.83. The lowest BCUT2D eigenvalue weighted by Crippen LogP contribution is -2.62. The zero-order chi connectivity index (χ0) is 14.9. The van der Waals surface area contributed by atoms with Crippen LogP contribution in [0.2, 0.25) is 0 Å². The van der Waals surface area contributed by atoms with E-state index in [0.29, 0.717) is 32.4 Å². The van der Waals surface area contributed by atoms with E-state index in [1.54, 1.807) is 0 Å². The van der Waals surface area contributed by atoms with Crippen LogP contribution in [0.1, 0.15) is 33.1 Å². The second-order valence-electron chi connectivity index (χ2n) is 5.81. The predicted octanol–water partition coefficient (Wildman–Crippen LogP) is -0.495. The van der Waals surface area contributed by atoms with Crippen molar-refractivity contribution < 1.29 is 24.9 Å². The summed E-state index contributed by atoms with van der Waals surface area (Å²) in [6.45, 7) is 4.78. The van der Waals surface area contributed by atoms with E-state index >= 15 is 0 Å². The molecule has 0 aromatic heterocycles. The Labute approximate surface area is 119 Å². The molecule has 0 spiro atoms. The molecular weight excluding hydrogens is 262 g/mol. The quantitative estimate of drug-likeness (QED) is 0.604. The molecule has 5 atom stereocenters. The summed E-state index contributed by atoms with van der Waals surface area (Å²) >= 11 is 0. The fourth-order valence-corrected chi connectivity index (χ4v) is 3.26. The molecule has 0 amide bonds. The van der Waals surface area contributed by atoms with Gasteiger partial charge in [-0.05, 0) is 19.3 Å². The van der Waals surface area contributed by atoms with Gasteiger partial charge in [-0.2, -0.15) is 0 Å². The number of fused-ring (bicyclic) bond motifs is 1. The molecule has 0 aromatic carbocycles. The fourth-order valence-electron chi connectivity index (χ4n) is 3.26. The van der Waals surface area contributed by atoms with E-state index in [9.17, 15) is 20.1 Å². The maximum Gasteiger partial charge on any atom is 0.309 e. The van der Waals surface area contributed by atoms with Crippen molar-refractivity contribution in [3.63, 3.8) is 0 Å². The molecule has 0 aromatic rings. The largest absolute Gasteiger partial charge is 0.457 e. The molecule has 0 bridgehead atoms. The minimum atomic E-state index is -1.14. The number of hydrogen-bond acceptors (Lipinski definition) is 6. The van der Waals surface area contributed by atoms with Crippen LogP contribution in [0.15, 0.2) is 0 Å². The van der Waals surface area contributed by atoms with Crippen molar-refractivity contribution in [2.75, 3.05) is 13.1 Å². The Morgan fingerprint density at radius 3 is 2.50 bits per heavy atom. The summed E-state index contributed by atoms with van der Waals surface area (Å²) in [5, 5.41) is 30.0. The van der Waals surface area contributed by atoms with E-state index in [1.807, 2.05) is 18.7 Å². The summed E-state index contributed by atoms with van der Waals surface area (Å²) in [6.07, 6.45) is -1.64. The Hall–Kier alpha value is -0.690. The van der Waals surface area contributed by atoms with Gasteiger partial charge >= 0.3 is 5.97 Å². The average Bonchev–Trinajstić information content (AvgIpc) is 2.77. The first-order chi connectivity index (χ1) is 9.49. The summed E-state index contributed by atoms with van der Waals surface area (Å²) in [5.41, 5.74) is 0. The van der Waals surface area contributed by atoms with E-state index < -0.39 is 30.5 Å². The molecule has 6 heteroatoms. The highest BCUT2D eigenvalue weighted by Crippen LogP contribution is 2.31. The van der Waals surface area contributed by atoms with Crippen LogP contribution in [-0.2, 0) is 9.53 Å². The second kappa shape index (κ2) is 6.39. The molecule has 2 saturated heterocycles. The molecule has 0 saturated carbocycles. The van der Waals surface area contributed by atoms with Gasteiger partial charge < -0.3 is 20.1 Å². The van der Waals surface area contributed by atoms with Crippen LogP contribution >= 0.6 is 0 Å². The highest BCUT2D eigenvalue weighted by molar-refractivity contribution is 5.72. The molecule has 20 heavy (non-hydrogen) atoms. The van der Waals surface area contributed by atoms with Crippen molar-refractivity contribution in [1.82, 2.24) is 4.90 Å². The van der Waals surface area contributed by atoms with Crippen molar-refractivity contribution in [3.05, 3.63) is 0 Å². The summed E-state index contributed by atoms with van der Waals surface area (Å²) in [5.74, 6) is -0.555. The molecular formula is C14H25NO5. The van der Waals surface area contributed by atoms with Crippen molar-refractivity contribution in [3.8, 4) is 0 Å². The molecule has 2 heterocycles. The van der Waals surface area contributed by atoms with Gasteiger partial charge in [0.1, 0.15) is 12.2 Å². The molecule has 2 aliphatic rings. The normalized spacial score (nSPS) is 38.0. The van der Waals surface area contributed by atoms with E-state index in [0.717, 1.165) is 0 Å². The van der Waals surface area contributed by atoms with Gasteiger partial charge in [-0.25, -0.2) is 0 Å². The molecule has 0 radical (unpaired) electrons. The second-order valence-corrected chi connectivity index (χ2v) is 5.81. The fraction of sp³-hybridized carbons (Fsp3) is 0.929. The molecule has 2 fully saturated rings. The lowest BCUT2D eigenvalue weighted by Gasteiger charge is -2.43. The number of carbonyl (C=O) groups excluding carboxylic acids is 1. The lowest BCUT2D eigenvalue weighted by molar-refractivity contribution is -0.186. The van der Waals surface area contributed by atoms with Gasteiger partial charge in [-0.1, -0.05) is 13.8 Å². The molecule has 3 N–H and O–H groups in total. The predicted molar refractivity (Wildman–Crippen MR) is 72.0 cm³/mol. The van der Waals surface area contributed by atoms with Gasteiger partial charge in [0.15, 0.2) is 0 Å². The van der Waals surface area contributed by atoms with Crippen LogP contribution in [0.3, 0.4) is 0 Å². The number of rotatable bonds is 4. The molecule has 0 unspecified atom stereocenters. The Bertz CT molecular complexity index is 346. The van der Waals surface area contributed by atoms with Crippen molar-refractivity contribution >= 4 is 5.97 Å². The summed E-state index contributed by atoms with van der Waals surface area (Å²) in [4.78, 5) is 14.0. The number of ether oxygens (including phenoxy) is 1. The van der Waals surface area contributed by atoms with Gasteiger partial charge in [0, 0.05) is 13.1 Å². The third-order valence-electron chi connectivity index (χ3n) is 4.59. The molecule has 6 nitrogen and oxygen atoms in total. The van der Waals surface area contributed by atoms with Crippen LogP contribution in [-0.4, -0.2) is 69.7 Å². The SMILES string of the molecule is CCC(CC)C(=O)O[C@H]1[C@H](O)[C@@H](O)CN2CC[C@H](O)[C@H]12. The van der Waals surface area contributed by atoms with Crippen LogP contribution < -0.4 is 0 Å². The van der Waals surface area contributed by atoms with E-state index in [-0.39, 0.29) is 11.9 Å². The Morgan fingerprint density at radius 2 is 1.90 bits per heavy atom. The van der Waals surface area contributed by atoms with E-state index in [4.69, 9.17) is 4.74 Å². The summed E-state index contributed by atoms with van der Waals surface area (Å²) < 4.78 is 5.45. The molecule has 2 aliphatic heterocycles. The first-order valence-electron chi connectivity index (χ1n) is 7.48. The van der Waals surface area contributed by atoms with Crippen molar-refractivity contribution in [2.24, 2.45) is 5.92 Å². The van der Waals surface area contributed by atoms with Gasteiger partial charge in [0.05, 0.1) is 24.2 Å². The van der Waals surface area contributed by atoms with Gasteiger partial charge in [-0.3, -0.25) is 9.69 Å². The summed E-state index contributed by atoms with van der Waals surface area (Å²) in [6, 6.07) is -0.410. The third-order valence-corrected chi connectivity index (χ3v) is 4.59. The number of carbonyl (C=O) groups is 1. The smallest absolute Gasteiger partial charge is 0.309 e. The number of aliphatic hydroxyl groups is 3. The zero-order valence-corrected chi connectivity index (χ0v) is 12.1. The van der Waals surface area contributed by atoms with Crippen molar-refractivity contribution in [2.45, 2.75) is 63.6 Å². The maximum atomic E-state index is 12.1. The van der Waals surface area contributed by atoms with Crippen LogP contribution in [0.5, 0.6) is 0 Å². The maximum absolute atomic E-state index is 12.1. The molecule has 0 aliphatic carbocycles. The highest BCUT2D eigenvalue weighted by atomic mass is 16.6. The minimum absolute atomic E-state index is 0.201. The first-order valence-corrected chi connectivity index (χ1v) is 7.48. The molecule has 2 rings (SSSR count). The van der Waals surface area contributed by atoms with Crippen molar-refractivity contribution in [1.29, 1.82) is 0 Å². The van der Waals surface area contributed by atoms with Gasteiger partial charge in [0.2, 0.25) is 0 Å². The number of aliphatic hydroxyl groups excluding tert-OH is 3. The van der Waals surface area contributed by atoms with Crippen LogP contribution in [0.4, 0.5) is 0 Å². The lowest BCUT2D eigenvalue weighted by atomic mass is 9.92. The standard InChI is InChI=1S/C14H25NO5/c1-3-8(4-2)14(19)20-13-11-9(16)5-6-15(11)7-10(17)12(13)18/h8-13,16-18H,3-7H2,1-2H3/t9-,10-,11+,12+,13+/m0/s1. The topological polar surface area (TPSA) is 90.2 Å². The van der Waals surface area contributed by atoms with Gasteiger partial charge in [0.25, 0.3) is 0 Å². The molecule has 116 valence electrons.